The van der Waals surface area contributed by atoms with E-state index < -0.39 is 0 Å². The molecule has 0 aromatic heterocycles. The van der Waals surface area contributed by atoms with Crippen LogP contribution in [-0.2, 0) is 9.59 Å². The highest BCUT2D eigenvalue weighted by atomic mass is 16.2. The largest absolute Gasteiger partial charge is 0.354 e. The smallest absolute Gasteiger partial charge is 0.223 e. The summed E-state index contributed by atoms with van der Waals surface area (Å²) < 4.78 is 0. The van der Waals surface area contributed by atoms with Crippen LogP contribution in [-0.4, -0.2) is 47.3 Å². The van der Waals surface area contributed by atoms with E-state index in [-0.39, 0.29) is 17.9 Å². The molecular formula is C20H27N3O2. The van der Waals surface area contributed by atoms with E-state index in [9.17, 15) is 9.59 Å². The van der Waals surface area contributed by atoms with Crippen molar-refractivity contribution in [2.75, 3.05) is 19.6 Å². The van der Waals surface area contributed by atoms with E-state index in [1.54, 1.807) is 18.0 Å². The monoisotopic (exact) mass is 341 g/mol. The molecule has 1 fully saturated rings. The fraction of sp³-hybridized carbons (Fsp3) is 0.500. The lowest BCUT2D eigenvalue weighted by Crippen LogP contribution is -2.41. The Balaban J connectivity index is 1.66. The number of benzene rings is 1. The van der Waals surface area contributed by atoms with Gasteiger partial charge >= 0.3 is 0 Å². The molecule has 0 radical (unpaired) electrons. The van der Waals surface area contributed by atoms with Crippen LogP contribution in [0.1, 0.15) is 50.3 Å². The van der Waals surface area contributed by atoms with Crippen LogP contribution in [0, 0.1) is 0 Å². The zero-order valence-electron chi connectivity index (χ0n) is 15.1. The molecule has 0 saturated carbocycles. The lowest BCUT2D eigenvalue weighted by molar-refractivity contribution is -0.130. The van der Waals surface area contributed by atoms with Gasteiger partial charge in [0.1, 0.15) is 0 Å². The molecule has 2 heterocycles. The van der Waals surface area contributed by atoms with Crippen molar-refractivity contribution >= 4 is 17.9 Å². The summed E-state index contributed by atoms with van der Waals surface area (Å²) in [4.78, 5) is 28.6. The van der Waals surface area contributed by atoms with Crippen LogP contribution < -0.4 is 5.32 Å². The standard InChI is InChI=1S/C20H27N3O2/c1-3-22-11-6-8-17(22)14-21-20(25)13-19-18-9-5-4-7-16(18)10-12-23(19)15(2)24/h4-5,7,9-10,12,17,19H,3,6,8,11,13-14H2,1-2H3,(H,21,25). The minimum absolute atomic E-state index is 0.00399. The van der Waals surface area contributed by atoms with E-state index in [0.717, 1.165) is 30.6 Å². The molecule has 134 valence electrons. The predicted octanol–water partition coefficient (Wildman–Crippen LogP) is 2.55. The maximum atomic E-state index is 12.5. The van der Waals surface area contributed by atoms with Crippen LogP contribution in [0.4, 0.5) is 0 Å². The number of hydrogen-bond acceptors (Lipinski definition) is 3. The molecule has 5 nitrogen and oxygen atoms in total. The molecule has 0 spiro atoms. The average molecular weight is 341 g/mol. The Hall–Kier alpha value is -2.14. The molecule has 1 saturated heterocycles. The quantitative estimate of drug-likeness (QED) is 0.895. The van der Waals surface area contributed by atoms with Crippen LogP contribution in [0.25, 0.3) is 6.08 Å². The Morgan fingerprint density at radius 3 is 2.84 bits per heavy atom. The summed E-state index contributed by atoms with van der Waals surface area (Å²) in [5, 5.41) is 3.08. The summed E-state index contributed by atoms with van der Waals surface area (Å²) in [6.45, 7) is 6.54. The van der Waals surface area contributed by atoms with Gasteiger partial charge in [0.25, 0.3) is 0 Å². The van der Waals surface area contributed by atoms with Crippen molar-refractivity contribution < 1.29 is 9.59 Å². The van der Waals surface area contributed by atoms with Crippen LogP contribution in [0.2, 0.25) is 0 Å². The number of fused-ring (bicyclic) bond motifs is 1. The SMILES string of the molecule is CCN1CCCC1CNC(=O)CC1c2ccccc2C=CN1C(C)=O. The van der Waals surface area contributed by atoms with Crippen molar-refractivity contribution in [3.8, 4) is 0 Å². The third kappa shape index (κ3) is 3.93. The normalized spacial score (nSPS) is 22.7. The second kappa shape index (κ2) is 7.83. The van der Waals surface area contributed by atoms with Gasteiger partial charge in [-0.1, -0.05) is 31.2 Å². The molecule has 1 aromatic rings. The van der Waals surface area contributed by atoms with Gasteiger partial charge in [0.05, 0.1) is 12.5 Å². The molecular weight excluding hydrogens is 314 g/mol. The van der Waals surface area contributed by atoms with E-state index in [2.05, 4.69) is 17.1 Å². The maximum Gasteiger partial charge on any atom is 0.223 e. The number of nitrogens with one attached hydrogen (secondary N) is 1. The highest BCUT2D eigenvalue weighted by Gasteiger charge is 2.29. The number of rotatable bonds is 5. The number of hydrogen-bond donors (Lipinski definition) is 1. The van der Waals surface area contributed by atoms with Gasteiger partial charge in [0.15, 0.2) is 0 Å². The van der Waals surface area contributed by atoms with E-state index in [4.69, 9.17) is 0 Å². The van der Waals surface area contributed by atoms with E-state index in [1.807, 2.05) is 30.3 Å². The van der Waals surface area contributed by atoms with Gasteiger partial charge in [0.2, 0.25) is 11.8 Å². The van der Waals surface area contributed by atoms with Crippen molar-refractivity contribution in [3.63, 3.8) is 0 Å². The summed E-state index contributed by atoms with van der Waals surface area (Å²) in [5.74, 6) is -0.0409. The van der Waals surface area contributed by atoms with Gasteiger partial charge in [-0.25, -0.2) is 0 Å². The lowest BCUT2D eigenvalue weighted by Gasteiger charge is -2.32. The summed E-state index contributed by atoms with van der Waals surface area (Å²) in [5.41, 5.74) is 2.11. The van der Waals surface area contributed by atoms with Gasteiger partial charge in [0, 0.05) is 25.7 Å². The summed E-state index contributed by atoms with van der Waals surface area (Å²) in [7, 11) is 0. The number of amides is 2. The van der Waals surface area contributed by atoms with Crippen molar-refractivity contribution in [1.82, 2.24) is 15.1 Å². The third-order valence-electron chi connectivity index (χ3n) is 5.29. The highest BCUT2D eigenvalue weighted by Crippen LogP contribution is 2.32. The van der Waals surface area contributed by atoms with Gasteiger partial charge in [-0.05, 0) is 43.1 Å². The third-order valence-corrected chi connectivity index (χ3v) is 5.29. The number of likely N-dealkylation sites (tertiary alicyclic amines) is 1. The first-order valence-corrected chi connectivity index (χ1v) is 9.17. The molecule has 0 aliphatic carbocycles. The maximum absolute atomic E-state index is 12.5. The molecule has 2 amide bonds. The fourth-order valence-electron chi connectivity index (χ4n) is 3.94. The molecule has 2 aliphatic heterocycles. The topological polar surface area (TPSA) is 52.7 Å². The molecule has 2 atom stereocenters. The van der Waals surface area contributed by atoms with Gasteiger partial charge < -0.3 is 10.2 Å². The zero-order chi connectivity index (χ0) is 17.8. The lowest BCUT2D eigenvalue weighted by atomic mass is 9.93. The minimum atomic E-state index is -0.232. The number of carbonyl (C=O) groups is 2. The molecule has 3 rings (SSSR count). The molecule has 5 heteroatoms. The molecule has 0 bridgehead atoms. The molecule has 2 aliphatic rings. The summed E-state index contributed by atoms with van der Waals surface area (Å²) in [6.07, 6.45) is 6.36. The van der Waals surface area contributed by atoms with Crippen molar-refractivity contribution in [3.05, 3.63) is 41.6 Å². The van der Waals surface area contributed by atoms with Crippen LogP contribution >= 0.6 is 0 Å². The Morgan fingerprint density at radius 2 is 2.08 bits per heavy atom. The number of nitrogens with zero attached hydrogens (tertiary/aromatic N) is 2. The van der Waals surface area contributed by atoms with Crippen LogP contribution in [0.15, 0.2) is 30.5 Å². The summed E-state index contributed by atoms with van der Waals surface area (Å²) in [6, 6.07) is 8.16. The molecule has 1 N–H and O–H groups in total. The molecule has 25 heavy (non-hydrogen) atoms. The fourth-order valence-corrected chi connectivity index (χ4v) is 3.94. The van der Waals surface area contributed by atoms with Crippen LogP contribution in [0.5, 0.6) is 0 Å². The first kappa shape index (κ1) is 17.7. The minimum Gasteiger partial charge on any atom is -0.354 e. The molecule has 2 unspecified atom stereocenters. The zero-order valence-corrected chi connectivity index (χ0v) is 15.1. The van der Waals surface area contributed by atoms with Crippen LogP contribution in [0.3, 0.4) is 0 Å². The van der Waals surface area contributed by atoms with E-state index in [1.165, 1.54) is 6.42 Å². The van der Waals surface area contributed by atoms with Gasteiger partial charge in [-0.3, -0.25) is 14.5 Å². The van der Waals surface area contributed by atoms with E-state index >= 15 is 0 Å². The average Bonchev–Trinajstić information content (AvgIpc) is 3.07. The second-order valence-electron chi connectivity index (χ2n) is 6.82. The predicted molar refractivity (Wildman–Crippen MR) is 98.6 cm³/mol. The van der Waals surface area contributed by atoms with Gasteiger partial charge in [-0.2, -0.15) is 0 Å². The van der Waals surface area contributed by atoms with Crippen molar-refractivity contribution in [2.24, 2.45) is 0 Å². The van der Waals surface area contributed by atoms with Gasteiger partial charge in [-0.15, -0.1) is 0 Å². The Kier molecular flexibility index (Phi) is 5.53. The first-order valence-electron chi connectivity index (χ1n) is 9.17. The number of carbonyl (C=O) groups excluding carboxylic acids is 2. The summed E-state index contributed by atoms with van der Waals surface area (Å²) >= 11 is 0. The van der Waals surface area contributed by atoms with Crippen molar-refractivity contribution in [1.29, 1.82) is 0 Å². The highest BCUT2D eigenvalue weighted by molar-refractivity contribution is 5.81. The van der Waals surface area contributed by atoms with E-state index in [0.29, 0.717) is 19.0 Å². The first-order chi connectivity index (χ1) is 12.1. The Bertz CT molecular complexity index is 671. The Labute approximate surface area is 149 Å². The molecule has 1 aromatic carbocycles. The number of likely N-dealkylation sites (N-methyl/N-ethyl adjacent to an activating group) is 1. The second-order valence-corrected chi connectivity index (χ2v) is 6.82. The Morgan fingerprint density at radius 1 is 1.28 bits per heavy atom. The van der Waals surface area contributed by atoms with Crippen molar-refractivity contribution in [2.45, 2.75) is 45.2 Å².